The third-order valence-electron chi connectivity index (χ3n) is 10.5. The fraction of sp³-hybridized carbons (Fsp3) is 0.581. The Balaban J connectivity index is 1.21. The Morgan fingerprint density at radius 1 is 1.16 bits per heavy atom. The smallest absolute Gasteiger partial charge is 0.319 e. The van der Waals surface area contributed by atoms with E-state index in [1.54, 1.807) is 0 Å². The fourth-order valence-electron chi connectivity index (χ4n) is 8.39. The van der Waals surface area contributed by atoms with Crippen molar-refractivity contribution in [1.82, 2.24) is 25.2 Å². The lowest BCUT2D eigenvalue weighted by Gasteiger charge is -2.40. The third-order valence-corrected chi connectivity index (χ3v) is 10.8. The van der Waals surface area contributed by atoms with Crippen LogP contribution in [-0.4, -0.2) is 87.6 Å². The highest BCUT2D eigenvalue weighted by Crippen LogP contribution is 2.50. The number of phenols is 1. The number of anilines is 1. The number of nitrogens with zero attached hydrogens (tertiary/aromatic N) is 5. The van der Waals surface area contributed by atoms with Gasteiger partial charge in [0.2, 0.25) is 5.88 Å². The lowest BCUT2D eigenvalue weighted by Crippen LogP contribution is -2.60. The van der Waals surface area contributed by atoms with Crippen molar-refractivity contribution in [3.05, 3.63) is 28.5 Å². The van der Waals surface area contributed by atoms with Gasteiger partial charge in [-0.05, 0) is 68.7 Å². The van der Waals surface area contributed by atoms with Gasteiger partial charge in [-0.15, -0.1) is 0 Å². The minimum atomic E-state index is -0.885. The van der Waals surface area contributed by atoms with E-state index in [4.69, 9.17) is 31.0 Å². The Kier molecular flexibility index (Phi) is 5.82. The Hall–Kier alpha value is -3.02. The van der Waals surface area contributed by atoms with Crippen LogP contribution in [0.15, 0.2) is 12.1 Å². The van der Waals surface area contributed by atoms with E-state index in [-0.39, 0.29) is 53.5 Å². The van der Waals surface area contributed by atoms with E-state index in [1.165, 1.54) is 12.1 Å². The third kappa shape index (κ3) is 4.10. The number of hydrogen-bond donors (Lipinski definition) is 2. The van der Waals surface area contributed by atoms with Crippen LogP contribution in [0.2, 0.25) is 5.02 Å². The van der Waals surface area contributed by atoms with Crippen molar-refractivity contribution in [2.45, 2.75) is 80.7 Å². The lowest BCUT2D eigenvalue weighted by molar-refractivity contribution is 0.107. The number of aromatic hydroxyl groups is 1. The molecule has 5 fully saturated rings. The van der Waals surface area contributed by atoms with Crippen molar-refractivity contribution in [3.8, 4) is 28.9 Å². The molecule has 2 bridgehead atoms. The number of aromatic nitrogens is 3. The maximum atomic E-state index is 16.8. The Labute approximate surface area is 252 Å². The fourth-order valence-corrected chi connectivity index (χ4v) is 8.76. The molecule has 1 aromatic carbocycles. The number of piperazine rings is 1. The molecule has 9 nitrogen and oxygen atoms in total. The predicted octanol–water partition coefficient (Wildman–Crippen LogP) is 4.72. The summed E-state index contributed by atoms with van der Waals surface area (Å²) in [5, 5.41) is 15.0. The number of nitrogens with one attached hydrogen (secondary N) is 1. The van der Waals surface area contributed by atoms with Gasteiger partial charge in [-0.3, -0.25) is 4.90 Å². The van der Waals surface area contributed by atoms with Crippen LogP contribution in [0.25, 0.3) is 22.2 Å². The zero-order chi connectivity index (χ0) is 29.0. The molecule has 2 N–H and O–H groups in total. The quantitative estimate of drug-likeness (QED) is 0.425. The molecule has 7 heterocycles. The standard InChI is InChI=1S/C31H33ClF2N6O3/c32-20-9-18(41)8-19(23(20)15-2-3-15)26-25(34)27-24-28(40-12-17-4-5-21(35-17)22(40)13-42-29(24)36-26)38-30(37-27)43-14-31-6-1-7-39(31)11-16(33)10-31/h8-9,15-17,21-22,35,41H,1-7,10-14H2/t16-,17?,21+,22+,31-/m1/s1. The summed E-state index contributed by atoms with van der Waals surface area (Å²) >= 11 is 6.60. The molecule has 0 amide bonds. The molecule has 1 aliphatic carbocycles. The summed E-state index contributed by atoms with van der Waals surface area (Å²) in [5.41, 5.74) is 0.920. The first-order valence-corrected chi connectivity index (χ1v) is 15.9. The first kappa shape index (κ1) is 26.4. The maximum absolute atomic E-state index is 16.8. The van der Waals surface area contributed by atoms with Gasteiger partial charge in [0, 0.05) is 42.2 Å². The first-order valence-electron chi connectivity index (χ1n) is 15.5. The highest BCUT2D eigenvalue weighted by atomic mass is 35.5. The number of benzene rings is 1. The highest BCUT2D eigenvalue weighted by molar-refractivity contribution is 6.32. The molecule has 9 rings (SSSR count). The molecule has 12 heteroatoms. The molecule has 2 aromatic heterocycles. The number of phenolic OH excluding ortho intramolecular Hbond substituents is 1. The molecule has 3 aromatic rings. The molecule has 1 saturated carbocycles. The number of alkyl halides is 1. The normalized spacial score (nSPS) is 31.2. The number of ether oxygens (including phenoxy) is 2. The maximum Gasteiger partial charge on any atom is 0.319 e. The van der Waals surface area contributed by atoms with Crippen LogP contribution in [0.4, 0.5) is 14.6 Å². The van der Waals surface area contributed by atoms with Gasteiger partial charge in [0.25, 0.3) is 0 Å². The van der Waals surface area contributed by atoms with Gasteiger partial charge >= 0.3 is 6.01 Å². The van der Waals surface area contributed by atoms with Gasteiger partial charge in [0.1, 0.15) is 47.5 Å². The largest absolute Gasteiger partial charge is 0.508 e. The van der Waals surface area contributed by atoms with Crippen molar-refractivity contribution in [1.29, 1.82) is 0 Å². The number of pyridine rings is 1. The summed E-state index contributed by atoms with van der Waals surface area (Å²) in [6, 6.07) is 3.57. The SMILES string of the molecule is Oc1cc(Cl)c(C2CC2)c(-c2nc3c4c(nc(OC[C@]56CCCN5C[C@H](F)C6)nc4c2F)N2CC4CC[C@H](N4)[C@@H]2CO3)c1. The molecule has 0 spiro atoms. The Bertz CT molecular complexity index is 1660. The average Bonchev–Trinajstić information content (AvgIpc) is 3.56. The topological polar surface area (TPSA) is 95.9 Å². The summed E-state index contributed by atoms with van der Waals surface area (Å²) in [7, 11) is 0. The molecule has 226 valence electrons. The molecule has 0 radical (unpaired) electrons. The summed E-state index contributed by atoms with van der Waals surface area (Å²) in [6.07, 6.45) is 5.31. The van der Waals surface area contributed by atoms with Crippen molar-refractivity contribution in [3.63, 3.8) is 0 Å². The monoisotopic (exact) mass is 610 g/mol. The number of fused-ring (bicyclic) bond motifs is 6. The second kappa shape index (κ2) is 9.49. The Morgan fingerprint density at radius 3 is 2.91 bits per heavy atom. The van der Waals surface area contributed by atoms with Gasteiger partial charge in [-0.1, -0.05) is 11.6 Å². The molecule has 43 heavy (non-hydrogen) atoms. The van der Waals surface area contributed by atoms with E-state index in [0.717, 1.165) is 50.6 Å². The Morgan fingerprint density at radius 2 is 2.05 bits per heavy atom. The van der Waals surface area contributed by atoms with Gasteiger partial charge in [0.05, 0.1) is 11.6 Å². The lowest BCUT2D eigenvalue weighted by atomic mass is 9.95. The second-order valence-corrected chi connectivity index (χ2v) is 13.6. The molecule has 5 aliphatic heterocycles. The first-order chi connectivity index (χ1) is 20.9. The van der Waals surface area contributed by atoms with Crippen LogP contribution >= 0.6 is 11.6 Å². The highest BCUT2D eigenvalue weighted by Gasteiger charge is 2.50. The van der Waals surface area contributed by atoms with Crippen molar-refractivity contribution >= 4 is 28.3 Å². The van der Waals surface area contributed by atoms with Crippen LogP contribution in [-0.2, 0) is 0 Å². The van der Waals surface area contributed by atoms with E-state index < -0.39 is 17.5 Å². The van der Waals surface area contributed by atoms with E-state index in [0.29, 0.717) is 53.9 Å². The number of rotatable bonds is 5. The second-order valence-electron chi connectivity index (χ2n) is 13.2. The minimum absolute atomic E-state index is 0.0197. The minimum Gasteiger partial charge on any atom is -0.508 e. The van der Waals surface area contributed by atoms with Gasteiger partial charge < -0.3 is 24.8 Å². The van der Waals surface area contributed by atoms with Crippen LogP contribution in [0.3, 0.4) is 0 Å². The van der Waals surface area contributed by atoms with Gasteiger partial charge in [0.15, 0.2) is 5.82 Å². The van der Waals surface area contributed by atoms with Gasteiger partial charge in [-0.25, -0.2) is 13.8 Å². The van der Waals surface area contributed by atoms with Crippen LogP contribution in [0, 0.1) is 5.82 Å². The van der Waals surface area contributed by atoms with E-state index in [2.05, 4.69) is 20.1 Å². The number of hydrogen-bond acceptors (Lipinski definition) is 9. The summed E-state index contributed by atoms with van der Waals surface area (Å²) in [5.74, 6) is 0.292. The van der Waals surface area contributed by atoms with E-state index >= 15 is 4.39 Å². The van der Waals surface area contributed by atoms with Crippen LogP contribution < -0.4 is 19.7 Å². The molecular formula is C31H33ClF2N6O3. The average molecular weight is 611 g/mol. The summed E-state index contributed by atoms with van der Waals surface area (Å²) < 4.78 is 44.0. The van der Waals surface area contributed by atoms with Crippen LogP contribution in [0.5, 0.6) is 17.6 Å². The van der Waals surface area contributed by atoms with Crippen molar-refractivity contribution in [2.24, 2.45) is 0 Å². The zero-order valence-electron chi connectivity index (χ0n) is 23.7. The molecule has 6 aliphatic rings. The zero-order valence-corrected chi connectivity index (χ0v) is 24.4. The van der Waals surface area contributed by atoms with Crippen molar-refractivity contribution in [2.75, 3.05) is 37.7 Å². The predicted molar refractivity (Wildman–Crippen MR) is 156 cm³/mol. The van der Waals surface area contributed by atoms with E-state index in [9.17, 15) is 9.50 Å². The van der Waals surface area contributed by atoms with Crippen molar-refractivity contribution < 1.29 is 23.4 Å². The molecule has 1 unspecified atom stereocenters. The molecule has 4 saturated heterocycles. The van der Waals surface area contributed by atoms with E-state index in [1.807, 2.05) is 0 Å². The van der Waals surface area contributed by atoms with Crippen LogP contribution in [0.1, 0.15) is 56.4 Å². The summed E-state index contributed by atoms with van der Waals surface area (Å²) in [6.45, 7) is 2.56. The number of halogens is 3. The molecular weight excluding hydrogens is 578 g/mol. The van der Waals surface area contributed by atoms with Gasteiger partial charge in [-0.2, -0.15) is 9.97 Å². The molecule has 5 atom stereocenters. The summed E-state index contributed by atoms with van der Waals surface area (Å²) in [4.78, 5) is 18.7.